The Bertz CT molecular complexity index is 538. The quantitative estimate of drug-likeness (QED) is 0.819. The molecule has 0 aliphatic carbocycles. The number of nitrogens with zero attached hydrogens (tertiary/aromatic N) is 1. The Hall–Kier alpha value is -1.66. The largest absolute Gasteiger partial charge is 0.670 e. The number of benzene rings is 1. The minimum atomic E-state index is -4.40. The second-order valence-electron chi connectivity index (χ2n) is 4.97. The van der Waals surface area contributed by atoms with Crippen molar-refractivity contribution in [2.75, 3.05) is 6.61 Å². The molecule has 21 heavy (non-hydrogen) atoms. The van der Waals surface area contributed by atoms with E-state index >= 15 is 0 Å². The second kappa shape index (κ2) is 5.99. The van der Waals surface area contributed by atoms with Crippen molar-refractivity contribution in [3.8, 4) is 0 Å². The Morgan fingerprint density at radius 1 is 1.33 bits per heavy atom. The topological polar surface area (TPSA) is 45.4 Å². The van der Waals surface area contributed by atoms with Crippen LogP contribution < -0.4 is 0 Å². The smallest absolute Gasteiger partial charge is 0.411 e. The van der Waals surface area contributed by atoms with Gasteiger partial charge in [-0.15, -0.1) is 0 Å². The molecule has 0 amide bonds. The first kappa shape index (κ1) is 15.7. The zero-order chi connectivity index (χ0) is 15.5. The molecule has 0 fully saturated rings. The minimum absolute atomic E-state index is 0.231. The first-order valence-electron chi connectivity index (χ1n) is 6.55. The first-order valence-corrected chi connectivity index (χ1v) is 6.55. The van der Waals surface area contributed by atoms with Crippen LogP contribution in [0.4, 0.5) is 13.2 Å². The van der Waals surface area contributed by atoms with E-state index in [4.69, 9.17) is 10.5 Å². The van der Waals surface area contributed by atoms with E-state index in [9.17, 15) is 13.2 Å². The molecule has 6 heteroatoms. The van der Waals surface area contributed by atoms with Gasteiger partial charge in [-0.3, -0.25) is 4.99 Å². The van der Waals surface area contributed by atoms with Gasteiger partial charge in [0.25, 0.3) is 0 Å². The third-order valence-electron chi connectivity index (χ3n) is 3.24. The van der Waals surface area contributed by atoms with Gasteiger partial charge in [-0.05, 0) is 5.56 Å². The molecule has 1 aromatic carbocycles. The molecule has 1 aliphatic rings. The number of nitrogens with one attached hydrogen (secondary N) is 1. The zero-order valence-electron chi connectivity index (χ0n) is 11.5. The number of hydrogen-bond acceptors (Lipinski definition) is 2. The van der Waals surface area contributed by atoms with E-state index in [-0.39, 0.29) is 6.42 Å². The molecule has 0 saturated carbocycles. The van der Waals surface area contributed by atoms with Gasteiger partial charge in [-0.1, -0.05) is 49.4 Å². The fourth-order valence-electron chi connectivity index (χ4n) is 2.13. The van der Waals surface area contributed by atoms with Crippen LogP contribution in [0.15, 0.2) is 47.1 Å². The van der Waals surface area contributed by atoms with Crippen LogP contribution in [0.5, 0.6) is 0 Å². The number of alkyl halides is 3. The molecule has 1 aromatic rings. The van der Waals surface area contributed by atoms with E-state index in [1.54, 1.807) is 43.3 Å². The van der Waals surface area contributed by atoms with Crippen LogP contribution in [-0.4, -0.2) is 25.0 Å². The van der Waals surface area contributed by atoms with Crippen LogP contribution in [0.3, 0.4) is 0 Å². The highest BCUT2D eigenvalue weighted by atomic mass is 19.4. The van der Waals surface area contributed by atoms with E-state index < -0.39 is 24.4 Å². The van der Waals surface area contributed by atoms with Crippen molar-refractivity contribution in [2.24, 2.45) is 4.99 Å². The number of hydrogen-bond donors (Lipinski definition) is 0. The van der Waals surface area contributed by atoms with E-state index in [0.717, 1.165) is 0 Å². The Labute approximate surface area is 121 Å². The van der Waals surface area contributed by atoms with Gasteiger partial charge in [0.1, 0.15) is 12.2 Å². The van der Waals surface area contributed by atoms with Crippen molar-refractivity contribution in [3.05, 3.63) is 53.4 Å². The zero-order valence-corrected chi connectivity index (χ0v) is 11.5. The van der Waals surface area contributed by atoms with Crippen LogP contribution in [0.2, 0.25) is 0 Å². The number of ether oxygens (including phenoxy) is 1. The summed E-state index contributed by atoms with van der Waals surface area (Å²) in [5.74, 6) is 0. The third kappa shape index (κ3) is 3.92. The van der Waals surface area contributed by atoms with Gasteiger partial charge in [0.05, 0.1) is 0 Å². The number of rotatable bonds is 4. The average molecular weight is 297 g/mol. The maximum absolute atomic E-state index is 12.5. The molecule has 0 bridgehead atoms. The molecule has 0 radical (unpaired) electrons. The predicted molar refractivity (Wildman–Crippen MR) is 75.1 cm³/mol. The predicted octanol–water partition coefficient (Wildman–Crippen LogP) is 4.26. The van der Waals surface area contributed by atoms with Crippen molar-refractivity contribution in [3.63, 3.8) is 0 Å². The summed E-state index contributed by atoms with van der Waals surface area (Å²) in [6.45, 7) is 0.322. The minimum Gasteiger partial charge on any atom is -0.670 e. The normalized spacial score (nSPS) is 23.8. The van der Waals surface area contributed by atoms with Crippen molar-refractivity contribution in [2.45, 2.75) is 31.2 Å². The SMILES string of the molecule is C[C@@H]([NH-])C1=CCC(OCC(F)(F)F)(c2ccccc2)C=N1. The summed E-state index contributed by atoms with van der Waals surface area (Å²) in [6, 6.07) is 8.19. The highest BCUT2D eigenvalue weighted by Gasteiger charge is 2.38. The van der Waals surface area contributed by atoms with Gasteiger partial charge in [0.15, 0.2) is 0 Å². The van der Waals surface area contributed by atoms with Crippen LogP contribution in [0.1, 0.15) is 18.9 Å². The van der Waals surface area contributed by atoms with Gasteiger partial charge >= 0.3 is 6.18 Å². The van der Waals surface area contributed by atoms with E-state index in [0.29, 0.717) is 11.3 Å². The van der Waals surface area contributed by atoms with Gasteiger partial charge in [-0.2, -0.15) is 13.2 Å². The summed E-state index contributed by atoms with van der Waals surface area (Å²) in [5.41, 5.74) is 7.53. The molecule has 0 saturated heterocycles. The molecule has 1 N–H and O–H groups in total. The molecular formula is C15H16F3N2O-. The standard InChI is InChI=1S/C15H16F3N2O/c1-11(19)13-7-8-14(9-20-13,21-10-15(16,17)18)12-5-3-2-4-6-12/h2-7,9,11,19H,8,10H2,1H3/q-1/t11-,14?/m1/s1. The number of halogens is 3. The van der Waals surface area contributed by atoms with Crippen LogP contribution in [0.25, 0.3) is 5.73 Å². The second-order valence-corrected chi connectivity index (χ2v) is 4.97. The summed E-state index contributed by atoms with van der Waals surface area (Å²) in [7, 11) is 0. The molecule has 0 spiro atoms. The molecule has 1 heterocycles. The third-order valence-corrected chi connectivity index (χ3v) is 3.24. The summed E-state index contributed by atoms with van der Waals surface area (Å²) >= 11 is 0. The summed E-state index contributed by atoms with van der Waals surface area (Å²) in [4.78, 5) is 4.12. The monoisotopic (exact) mass is 297 g/mol. The van der Waals surface area contributed by atoms with Crippen LogP contribution in [-0.2, 0) is 10.3 Å². The average Bonchev–Trinajstić information content (AvgIpc) is 2.46. The summed E-state index contributed by atoms with van der Waals surface area (Å²) < 4.78 is 42.6. The Morgan fingerprint density at radius 2 is 2.00 bits per heavy atom. The summed E-state index contributed by atoms with van der Waals surface area (Å²) in [5, 5.41) is 0. The highest BCUT2D eigenvalue weighted by Crippen LogP contribution is 2.34. The Morgan fingerprint density at radius 3 is 2.48 bits per heavy atom. The Kier molecular flexibility index (Phi) is 4.49. The lowest BCUT2D eigenvalue weighted by Crippen LogP contribution is -2.36. The summed E-state index contributed by atoms with van der Waals surface area (Å²) in [6.07, 6.45) is -1.12. The number of aliphatic imine (C=N–C) groups is 1. The van der Waals surface area contributed by atoms with Crippen molar-refractivity contribution in [1.29, 1.82) is 0 Å². The molecule has 3 nitrogen and oxygen atoms in total. The van der Waals surface area contributed by atoms with E-state index in [2.05, 4.69) is 4.99 Å². The van der Waals surface area contributed by atoms with E-state index in [1.165, 1.54) is 6.21 Å². The lowest BCUT2D eigenvalue weighted by molar-refractivity contribution is -0.194. The molecule has 114 valence electrons. The van der Waals surface area contributed by atoms with Gasteiger partial charge in [-0.25, -0.2) is 0 Å². The maximum atomic E-state index is 12.5. The van der Waals surface area contributed by atoms with Crippen LogP contribution in [0, 0.1) is 0 Å². The molecule has 0 aromatic heterocycles. The molecular weight excluding hydrogens is 281 g/mol. The van der Waals surface area contributed by atoms with Gasteiger partial charge in [0, 0.05) is 18.3 Å². The molecule has 2 atom stereocenters. The lowest BCUT2D eigenvalue weighted by Gasteiger charge is -2.33. The van der Waals surface area contributed by atoms with Crippen molar-refractivity contribution in [1.82, 2.24) is 0 Å². The lowest BCUT2D eigenvalue weighted by atomic mass is 9.88. The molecule has 1 unspecified atom stereocenters. The van der Waals surface area contributed by atoms with Crippen molar-refractivity contribution >= 4 is 6.21 Å². The highest BCUT2D eigenvalue weighted by molar-refractivity contribution is 5.74. The Balaban J connectivity index is 2.28. The molecule has 2 rings (SSSR count). The first-order chi connectivity index (χ1) is 9.82. The fraction of sp³-hybridized carbons (Fsp3) is 0.400. The van der Waals surface area contributed by atoms with Crippen LogP contribution >= 0.6 is 0 Å². The van der Waals surface area contributed by atoms with E-state index in [1.807, 2.05) is 0 Å². The fourth-order valence-corrected chi connectivity index (χ4v) is 2.13. The molecule has 1 aliphatic heterocycles. The van der Waals surface area contributed by atoms with Crippen molar-refractivity contribution < 1.29 is 17.9 Å². The maximum Gasteiger partial charge on any atom is 0.411 e. The van der Waals surface area contributed by atoms with Gasteiger partial charge in [0.2, 0.25) is 0 Å². The van der Waals surface area contributed by atoms with Gasteiger partial charge < -0.3 is 10.5 Å².